The van der Waals surface area contributed by atoms with Crippen molar-refractivity contribution in [2.45, 2.75) is 0 Å². The lowest BCUT2D eigenvalue weighted by atomic mass is 10.0. The second-order valence-electron chi connectivity index (χ2n) is 13.6. The van der Waals surface area contributed by atoms with Crippen LogP contribution < -0.4 is 0 Å². The molecule has 0 N–H and O–H groups in total. The van der Waals surface area contributed by atoms with Gasteiger partial charge in [-0.3, -0.25) is 0 Å². The summed E-state index contributed by atoms with van der Waals surface area (Å²) in [4.78, 5) is 27.8. The smallest absolute Gasteiger partial charge is 0.164 e. The number of rotatable bonds is 9. The molecule has 0 aliphatic heterocycles. The topological polar surface area (TPSA) is 92.1 Å². The number of imidazole rings is 3. The summed E-state index contributed by atoms with van der Waals surface area (Å²) in [6.07, 6.45) is 16.6. The second-order valence-corrected chi connectivity index (χ2v) is 13.6. The van der Waals surface area contributed by atoms with E-state index in [2.05, 4.69) is 161 Å². The van der Waals surface area contributed by atoms with E-state index < -0.39 is 0 Å². The van der Waals surface area contributed by atoms with Crippen molar-refractivity contribution >= 4 is 0 Å². The van der Waals surface area contributed by atoms with Crippen molar-refractivity contribution in [1.82, 2.24) is 43.6 Å². The van der Waals surface area contributed by atoms with E-state index in [1.807, 2.05) is 32.3 Å². The van der Waals surface area contributed by atoms with Gasteiger partial charge in [-0.15, -0.1) is 0 Å². The minimum atomic E-state index is 0.600. The Labute approximate surface area is 329 Å². The lowest BCUT2D eigenvalue weighted by molar-refractivity contribution is 1.06. The lowest BCUT2D eigenvalue weighted by Gasteiger charge is -2.11. The van der Waals surface area contributed by atoms with Crippen LogP contribution in [-0.4, -0.2) is 43.6 Å². The molecule has 57 heavy (non-hydrogen) atoms. The molecule has 0 amide bonds. The molecular weight excluding hydrogens is 703 g/mol. The van der Waals surface area contributed by atoms with Gasteiger partial charge in [-0.1, -0.05) is 109 Å². The van der Waals surface area contributed by atoms with E-state index in [0.29, 0.717) is 17.5 Å². The van der Waals surface area contributed by atoms with Crippen molar-refractivity contribution in [3.8, 4) is 84.6 Å². The first-order valence-corrected chi connectivity index (χ1v) is 18.5. The van der Waals surface area contributed by atoms with E-state index in [1.54, 1.807) is 37.6 Å². The highest BCUT2D eigenvalue weighted by Crippen LogP contribution is 2.31. The molecular formula is C48H33N9. The van der Waals surface area contributed by atoms with Gasteiger partial charge in [0.25, 0.3) is 0 Å². The number of hydrogen-bond donors (Lipinski definition) is 0. The molecule has 0 atom stereocenters. The van der Waals surface area contributed by atoms with Crippen molar-refractivity contribution in [3.63, 3.8) is 0 Å². The fourth-order valence-corrected chi connectivity index (χ4v) is 6.97. The van der Waals surface area contributed by atoms with Crippen molar-refractivity contribution in [2.24, 2.45) is 0 Å². The van der Waals surface area contributed by atoms with Crippen molar-refractivity contribution < 1.29 is 0 Å². The van der Waals surface area contributed by atoms with Crippen LogP contribution in [-0.2, 0) is 0 Å². The van der Waals surface area contributed by atoms with E-state index >= 15 is 0 Å². The van der Waals surface area contributed by atoms with Gasteiger partial charge >= 0.3 is 0 Å². The van der Waals surface area contributed by atoms with Gasteiger partial charge in [0.1, 0.15) is 0 Å². The molecule has 10 rings (SSSR count). The monoisotopic (exact) mass is 735 g/mol. The van der Waals surface area contributed by atoms with Crippen LogP contribution in [0.3, 0.4) is 0 Å². The predicted octanol–water partition coefficient (Wildman–Crippen LogP) is 10.4. The molecule has 4 heterocycles. The molecule has 0 unspecified atom stereocenters. The third kappa shape index (κ3) is 6.92. The fourth-order valence-electron chi connectivity index (χ4n) is 6.97. The Kier molecular flexibility index (Phi) is 8.62. The minimum Gasteiger partial charge on any atom is -0.306 e. The molecule has 0 radical (unpaired) electrons. The van der Waals surface area contributed by atoms with Gasteiger partial charge < -0.3 is 13.7 Å². The molecule has 0 aliphatic rings. The maximum Gasteiger partial charge on any atom is 0.164 e. The Hall–Kier alpha value is -8.04. The Balaban J connectivity index is 1.00. The number of nitrogens with zero attached hydrogens (tertiary/aromatic N) is 9. The molecule has 0 saturated heterocycles. The highest BCUT2D eigenvalue weighted by Gasteiger charge is 2.14. The van der Waals surface area contributed by atoms with Crippen molar-refractivity contribution in [3.05, 3.63) is 202 Å². The molecule has 0 aliphatic carbocycles. The highest BCUT2D eigenvalue weighted by atomic mass is 15.0. The minimum absolute atomic E-state index is 0.600. The maximum atomic E-state index is 5.05. The average molecular weight is 736 g/mol. The number of benzene rings is 6. The van der Waals surface area contributed by atoms with Crippen LogP contribution in [0.15, 0.2) is 202 Å². The largest absolute Gasteiger partial charge is 0.306 e. The molecule has 0 fully saturated rings. The quantitative estimate of drug-likeness (QED) is 0.147. The molecule has 270 valence electrons. The van der Waals surface area contributed by atoms with Gasteiger partial charge in [-0.05, 0) is 69.8 Å². The van der Waals surface area contributed by atoms with E-state index in [0.717, 1.165) is 67.1 Å². The van der Waals surface area contributed by atoms with E-state index in [4.69, 9.17) is 15.0 Å². The van der Waals surface area contributed by atoms with Gasteiger partial charge in [0, 0.05) is 70.9 Å². The van der Waals surface area contributed by atoms with Crippen LogP contribution in [0.1, 0.15) is 0 Å². The standard InChI is InChI=1S/C48H33N9/c1-4-40(28-43(7-1)55-25-22-49-31-55)34-10-16-37(17-11-34)46-52-47(38-18-12-35(13-19-38)41-5-2-8-44(29-41)56-26-23-50-32-56)54-48(53-46)39-20-14-36(15-21-39)42-6-3-9-45(30-42)57-27-24-51-33-57/h1-33H. The van der Waals surface area contributed by atoms with E-state index in [-0.39, 0.29) is 0 Å². The van der Waals surface area contributed by atoms with Gasteiger partial charge in [-0.25, -0.2) is 29.9 Å². The molecule has 6 aromatic carbocycles. The van der Waals surface area contributed by atoms with Crippen LogP contribution in [0.4, 0.5) is 0 Å². The summed E-state index contributed by atoms with van der Waals surface area (Å²) < 4.78 is 6.01. The number of hydrogen-bond acceptors (Lipinski definition) is 6. The van der Waals surface area contributed by atoms with Gasteiger partial charge in [-0.2, -0.15) is 0 Å². The number of aromatic nitrogens is 9. The molecule has 0 spiro atoms. The third-order valence-corrected chi connectivity index (χ3v) is 10.0. The van der Waals surface area contributed by atoms with E-state index in [1.165, 1.54) is 0 Å². The summed E-state index contributed by atoms with van der Waals surface area (Å²) in [6, 6.07) is 50.4. The summed E-state index contributed by atoms with van der Waals surface area (Å²) in [5.41, 5.74) is 12.4. The van der Waals surface area contributed by atoms with Crippen LogP contribution in [0.5, 0.6) is 0 Å². The second kappa shape index (κ2) is 14.7. The molecule has 9 heteroatoms. The highest BCUT2D eigenvalue weighted by molar-refractivity contribution is 5.75. The zero-order valence-corrected chi connectivity index (χ0v) is 30.6. The van der Waals surface area contributed by atoms with Crippen LogP contribution in [0.2, 0.25) is 0 Å². The van der Waals surface area contributed by atoms with Crippen LogP contribution in [0, 0.1) is 0 Å². The summed E-state index contributed by atoms with van der Waals surface area (Å²) in [5.74, 6) is 1.80. The SMILES string of the molecule is c1cc(-c2ccc(-c3nc(-c4ccc(-c5cccc(-n6ccnc6)c5)cc4)nc(-c4ccc(-c5cccc(-n6ccnc6)c5)cc4)n3)cc2)cc(-n2ccnc2)c1. The zero-order chi connectivity index (χ0) is 38.0. The first kappa shape index (κ1) is 33.5. The van der Waals surface area contributed by atoms with Crippen molar-refractivity contribution in [2.75, 3.05) is 0 Å². The summed E-state index contributed by atoms with van der Waals surface area (Å²) in [6.45, 7) is 0. The van der Waals surface area contributed by atoms with Gasteiger partial charge in [0.15, 0.2) is 17.5 Å². The normalized spacial score (nSPS) is 11.2. The molecule has 0 bridgehead atoms. The van der Waals surface area contributed by atoms with Crippen LogP contribution >= 0.6 is 0 Å². The Morgan fingerprint density at radius 3 is 0.825 bits per heavy atom. The van der Waals surface area contributed by atoms with E-state index in [9.17, 15) is 0 Å². The Bertz CT molecular complexity index is 2580. The van der Waals surface area contributed by atoms with Gasteiger partial charge in [0.05, 0.1) is 19.0 Å². The Morgan fingerprint density at radius 2 is 0.561 bits per heavy atom. The maximum absolute atomic E-state index is 5.05. The first-order chi connectivity index (χ1) is 28.2. The Morgan fingerprint density at radius 1 is 0.281 bits per heavy atom. The summed E-state index contributed by atoms with van der Waals surface area (Å²) >= 11 is 0. The van der Waals surface area contributed by atoms with Gasteiger partial charge in [0.2, 0.25) is 0 Å². The first-order valence-electron chi connectivity index (χ1n) is 18.5. The third-order valence-electron chi connectivity index (χ3n) is 10.0. The molecule has 0 saturated carbocycles. The fraction of sp³-hybridized carbons (Fsp3) is 0. The molecule has 9 nitrogen and oxygen atoms in total. The van der Waals surface area contributed by atoms with Crippen molar-refractivity contribution in [1.29, 1.82) is 0 Å². The van der Waals surface area contributed by atoms with Crippen LogP contribution in [0.25, 0.3) is 84.6 Å². The molecule has 4 aromatic heterocycles. The zero-order valence-electron chi connectivity index (χ0n) is 30.6. The average Bonchev–Trinajstić information content (AvgIpc) is 4.13. The summed E-state index contributed by atoms with van der Waals surface area (Å²) in [7, 11) is 0. The molecule has 10 aromatic rings. The summed E-state index contributed by atoms with van der Waals surface area (Å²) in [5, 5.41) is 0. The predicted molar refractivity (Wildman–Crippen MR) is 224 cm³/mol. The lowest BCUT2D eigenvalue weighted by Crippen LogP contribution is -2.00.